The summed E-state index contributed by atoms with van der Waals surface area (Å²) in [5.41, 5.74) is 2.16. The maximum Gasteiger partial charge on any atom is 0.264 e. The molecule has 31 heavy (non-hydrogen) atoms. The Kier molecular flexibility index (Phi) is 5.43. The van der Waals surface area contributed by atoms with Crippen molar-refractivity contribution in [3.05, 3.63) is 82.8 Å². The molecule has 0 saturated carbocycles. The van der Waals surface area contributed by atoms with Crippen molar-refractivity contribution in [2.75, 3.05) is 23.3 Å². The maximum absolute atomic E-state index is 13.2. The molecule has 0 aromatic heterocycles. The van der Waals surface area contributed by atoms with Gasteiger partial charge in [0, 0.05) is 12.1 Å². The monoisotopic (exact) mass is 437 g/mol. The van der Waals surface area contributed by atoms with E-state index in [1.54, 1.807) is 12.1 Å². The van der Waals surface area contributed by atoms with Crippen LogP contribution in [0.4, 0.5) is 17.1 Å². The van der Waals surface area contributed by atoms with Gasteiger partial charge in [-0.3, -0.25) is 9.10 Å². The summed E-state index contributed by atoms with van der Waals surface area (Å²) in [6.07, 6.45) is 0.635. The Balaban J connectivity index is 1.63. The largest absolute Gasteiger partial charge is 0.495 e. The summed E-state index contributed by atoms with van der Waals surface area (Å²) >= 11 is 0. The number of amides is 1. The Morgan fingerprint density at radius 1 is 1.06 bits per heavy atom. The lowest BCUT2D eigenvalue weighted by Crippen LogP contribution is -2.29. The molecule has 3 aromatic carbocycles. The van der Waals surface area contributed by atoms with E-state index >= 15 is 0 Å². The van der Waals surface area contributed by atoms with Crippen molar-refractivity contribution in [1.29, 1.82) is 0 Å². The van der Waals surface area contributed by atoms with Gasteiger partial charge in [0.1, 0.15) is 11.4 Å². The van der Waals surface area contributed by atoms with E-state index in [4.69, 9.17) is 4.74 Å². The van der Waals surface area contributed by atoms with Crippen molar-refractivity contribution in [1.82, 2.24) is 0 Å². The second-order valence-corrected chi connectivity index (χ2v) is 8.78. The molecule has 158 valence electrons. The Hall–Kier alpha value is -3.72. The summed E-state index contributed by atoms with van der Waals surface area (Å²) in [5, 5.41) is 5.50. The van der Waals surface area contributed by atoms with Crippen molar-refractivity contribution in [3.63, 3.8) is 0 Å². The predicted octanol–water partition coefficient (Wildman–Crippen LogP) is 4.10. The van der Waals surface area contributed by atoms with Gasteiger partial charge in [0.25, 0.3) is 15.9 Å². The molecule has 1 aliphatic rings. The third-order valence-electron chi connectivity index (χ3n) is 5.07. The number of nitrogens with zero attached hydrogens (tertiary/aromatic N) is 2. The highest BCUT2D eigenvalue weighted by molar-refractivity contribution is 7.92. The summed E-state index contributed by atoms with van der Waals surface area (Å²) in [5.74, 6) is -0.196. The van der Waals surface area contributed by atoms with Gasteiger partial charge < -0.3 is 10.1 Å². The molecule has 1 heterocycles. The van der Waals surface area contributed by atoms with Crippen LogP contribution in [0.3, 0.4) is 0 Å². The summed E-state index contributed by atoms with van der Waals surface area (Å²) in [6, 6.07) is 17.5. The number of nitroso groups, excluding NO2 is 1. The third-order valence-corrected chi connectivity index (χ3v) is 6.87. The molecule has 0 unspecified atom stereocenters. The quantitative estimate of drug-likeness (QED) is 0.585. The topological polar surface area (TPSA) is 105 Å². The van der Waals surface area contributed by atoms with E-state index in [1.807, 2.05) is 12.1 Å². The van der Waals surface area contributed by atoms with E-state index < -0.39 is 15.9 Å². The van der Waals surface area contributed by atoms with Crippen LogP contribution in [0.1, 0.15) is 15.9 Å². The molecular weight excluding hydrogens is 418 g/mol. The molecule has 0 saturated heterocycles. The predicted molar refractivity (Wildman–Crippen MR) is 118 cm³/mol. The first-order chi connectivity index (χ1) is 14.9. The minimum Gasteiger partial charge on any atom is -0.495 e. The highest BCUT2D eigenvalue weighted by atomic mass is 32.2. The number of benzene rings is 3. The van der Waals surface area contributed by atoms with Crippen LogP contribution in [0.2, 0.25) is 0 Å². The molecule has 1 aliphatic heterocycles. The van der Waals surface area contributed by atoms with Crippen LogP contribution in [-0.4, -0.2) is 28.0 Å². The van der Waals surface area contributed by atoms with Crippen LogP contribution < -0.4 is 14.4 Å². The van der Waals surface area contributed by atoms with Gasteiger partial charge in [-0.2, -0.15) is 0 Å². The van der Waals surface area contributed by atoms with Crippen LogP contribution in [0, 0.1) is 4.91 Å². The number of anilines is 2. The number of hydrogen-bond acceptors (Lipinski definition) is 6. The number of methoxy groups -OCH3 is 1. The van der Waals surface area contributed by atoms with Crippen molar-refractivity contribution in [2.24, 2.45) is 5.18 Å². The number of sulfonamides is 1. The van der Waals surface area contributed by atoms with Gasteiger partial charge in [-0.05, 0) is 59.6 Å². The van der Waals surface area contributed by atoms with Crippen LogP contribution >= 0.6 is 0 Å². The highest BCUT2D eigenvalue weighted by Gasteiger charge is 2.31. The SMILES string of the molecule is COc1ccc(N=O)cc1NC(=O)c1cccc(S(=O)(=O)N2CCc3ccccc32)c1. The van der Waals surface area contributed by atoms with E-state index in [-0.39, 0.29) is 21.8 Å². The molecule has 1 N–H and O–H groups in total. The fraction of sp³-hybridized carbons (Fsp3) is 0.136. The fourth-order valence-electron chi connectivity index (χ4n) is 3.53. The minimum atomic E-state index is -3.83. The number of ether oxygens (including phenoxy) is 1. The number of carbonyl (C=O) groups is 1. The first kappa shape index (κ1) is 20.5. The highest BCUT2D eigenvalue weighted by Crippen LogP contribution is 2.33. The molecule has 0 bridgehead atoms. The second kappa shape index (κ2) is 8.19. The zero-order valence-electron chi connectivity index (χ0n) is 16.6. The number of carbonyl (C=O) groups excluding carboxylic acids is 1. The normalized spacial score (nSPS) is 12.9. The van der Waals surface area contributed by atoms with Crippen molar-refractivity contribution >= 4 is 33.0 Å². The zero-order chi connectivity index (χ0) is 22.0. The Bertz CT molecular complexity index is 1270. The van der Waals surface area contributed by atoms with Gasteiger partial charge in [-0.25, -0.2) is 8.42 Å². The number of para-hydroxylation sites is 1. The van der Waals surface area contributed by atoms with Gasteiger partial charge in [0.2, 0.25) is 0 Å². The van der Waals surface area contributed by atoms with Crippen LogP contribution in [0.15, 0.2) is 76.8 Å². The molecule has 4 rings (SSSR count). The number of nitrogens with one attached hydrogen (secondary N) is 1. The number of hydrogen-bond donors (Lipinski definition) is 1. The van der Waals surface area contributed by atoms with E-state index in [1.165, 1.54) is 53.9 Å². The average Bonchev–Trinajstić information content (AvgIpc) is 3.24. The molecular formula is C22H19N3O5S. The van der Waals surface area contributed by atoms with E-state index in [0.29, 0.717) is 24.4 Å². The van der Waals surface area contributed by atoms with Crippen LogP contribution in [-0.2, 0) is 16.4 Å². The van der Waals surface area contributed by atoms with E-state index in [2.05, 4.69) is 10.5 Å². The van der Waals surface area contributed by atoms with Gasteiger partial charge in [0.15, 0.2) is 0 Å². The smallest absolute Gasteiger partial charge is 0.264 e. The van der Waals surface area contributed by atoms with Crippen molar-refractivity contribution in [3.8, 4) is 5.75 Å². The molecule has 0 atom stereocenters. The molecule has 8 nitrogen and oxygen atoms in total. The standard InChI is InChI=1S/C22H19N3O5S/c1-30-21-10-9-17(24-27)14-19(21)23-22(26)16-6-4-7-18(13-16)31(28,29)25-12-11-15-5-2-3-8-20(15)25/h2-10,13-14H,11-12H2,1H3,(H,23,26). The van der Waals surface area contributed by atoms with E-state index in [0.717, 1.165) is 5.56 Å². The maximum atomic E-state index is 13.2. The van der Waals surface area contributed by atoms with E-state index in [9.17, 15) is 18.1 Å². The van der Waals surface area contributed by atoms with Gasteiger partial charge >= 0.3 is 0 Å². The van der Waals surface area contributed by atoms with Crippen molar-refractivity contribution in [2.45, 2.75) is 11.3 Å². The Labute approximate surface area is 179 Å². The molecule has 0 radical (unpaired) electrons. The molecule has 3 aromatic rings. The summed E-state index contributed by atoms with van der Waals surface area (Å²) < 4.78 is 33.0. The zero-order valence-corrected chi connectivity index (χ0v) is 17.4. The van der Waals surface area contributed by atoms with Crippen LogP contribution in [0.5, 0.6) is 5.75 Å². The average molecular weight is 437 g/mol. The lowest BCUT2D eigenvalue weighted by atomic mass is 10.2. The minimum absolute atomic E-state index is 0.0205. The molecule has 0 fully saturated rings. The third kappa shape index (κ3) is 3.87. The molecule has 0 aliphatic carbocycles. The lowest BCUT2D eigenvalue weighted by molar-refractivity contribution is 0.102. The number of fused-ring (bicyclic) bond motifs is 1. The first-order valence-electron chi connectivity index (χ1n) is 9.47. The fourth-order valence-corrected chi connectivity index (χ4v) is 5.08. The summed E-state index contributed by atoms with van der Waals surface area (Å²) in [7, 11) is -2.40. The van der Waals surface area contributed by atoms with Crippen LogP contribution in [0.25, 0.3) is 0 Å². The molecule has 1 amide bonds. The second-order valence-electron chi connectivity index (χ2n) is 6.91. The van der Waals surface area contributed by atoms with Gasteiger partial charge in [-0.15, -0.1) is 4.91 Å². The molecule has 0 spiro atoms. The lowest BCUT2D eigenvalue weighted by Gasteiger charge is -2.20. The Morgan fingerprint density at radius 2 is 1.87 bits per heavy atom. The summed E-state index contributed by atoms with van der Waals surface area (Å²) in [6.45, 7) is 0.348. The van der Waals surface area contributed by atoms with Gasteiger partial charge in [-0.1, -0.05) is 24.3 Å². The first-order valence-corrected chi connectivity index (χ1v) is 10.9. The Morgan fingerprint density at radius 3 is 2.65 bits per heavy atom. The molecule has 9 heteroatoms. The number of rotatable bonds is 6. The summed E-state index contributed by atoms with van der Waals surface area (Å²) in [4.78, 5) is 23.6. The van der Waals surface area contributed by atoms with Crippen molar-refractivity contribution < 1.29 is 17.9 Å². The van der Waals surface area contributed by atoms with Gasteiger partial charge in [0.05, 0.1) is 23.4 Å².